The summed E-state index contributed by atoms with van der Waals surface area (Å²) in [6.07, 6.45) is 0. The molecule has 0 bridgehead atoms. The van der Waals surface area contributed by atoms with Crippen LogP contribution in [0, 0.1) is 0 Å². The van der Waals surface area contributed by atoms with Gasteiger partial charge in [-0.15, -0.1) is 0 Å². The zero-order chi connectivity index (χ0) is 38.6. The third kappa shape index (κ3) is 4.55. The van der Waals surface area contributed by atoms with Crippen LogP contribution in [0.5, 0.6) is 0 Å². The van der Waals surface area contributed by atoms with Crippen molar-refractivity contribution in [1.82, 2.24) is 23.7 Å². The van der Waals surface area contributed by atoms with Crippen LogP contribution in [0.2, 0.25) is 0 Å². The molecule has 4 aromatic heterocycles. The van der Waals surface area contributed by atoms with Gasteiger partial charge in [-0.1, -0.05) is 133 Å². The van der Waals surface area contributed by atoms with Crippen LogP contribution >= 0.6 is 0 Å². The molecule has 0 aliphatic heterocycles. The van der Waals surface area contributed by atoms with Gasteiger partial charge in [0.15, 0.2) is 0 Å². The Kier molecular flexibility index (Phi) is 6.66. The fourth-order valence-corrected chi connectivity index (χ4v) is 9.75. The topological polar surface area (TPSA) is 40.6 Å². The minimum absolute atomic E-state index is 0.655. The standard InChI is InChI=1S/C54H33N5/c1-4-16-35(17-5-1)53-39-23-10-13-25-43(39)55-54(56-53)59-45-27-15-12-24-40(45)51-47(59)31-29-34-28-30-46-52(50(34)51)42-32-41-38-22-11-14-26-44(38)57(36-18-6-2-7-19-36)48(41)33-49(42)58(46)37-20-8-3-9-21-37/h1-33H. The summed E-state index contributed by atoms with van der Waals surface area (Å²) in [5, 5.41) is 10.7. The Bertz CT molecular complexity index is 3820. The summed E-state index contributed by atoms with van der Waals surface area (Å²) in [6.45, 7) is 0. The van der Waals surface area contributed by atoms with E-state index >= 15 is 0 Å². The second kappa shape index (κ2) is 12.2. The van der Waals surface area contributed by atoms with Crippen molar-refractivity contribution in [2.75, 3.05) is 0 Å². The van der Waals surface area contributed by atoms with Crippen LogP contribution in [0.25, 0.3) is 116 Å². The van der Waals surface area contributed by atoms with Crippen LogP contribution in [0.1, 0.15) is 0 Å². The van der Waals surface area contributed by atoms with E-state index in [1.54, 1.807) is 0 Å². The first-order chi connectivity index (χ1) is 29.3. The van der Waals surface area contributed by atoms with Crippen LogP contribution in [-0.4, -0.2) is 23.7 Å². The maximum absolute atomic E-state index is 5.39. The molecule has 59 heavy (non-hydrogen) atoms. The van der Waals surface area contributed by atoms with Crippen molar-refractivity contribution in [2.45, 2.75) is 0 Å². The highest BCUT2D eigenvalue weighted by Crippen LogP contribution is 2.46. The van der Waals surface area contributed by atoms with Gasteiger partial charge in [0.1, 0.15) is 0 Å². The first-order valence-corrected chi connectivity index (χ1v) is 20.1. The number of rotatable bonds is 4. The van der Waals surface area contributed by atoms with Gasteiger partial charge in [0.25, 0.3) is 0 Å². The van der Waals surface area contributed by atoms with Crippen molar-refractivity contribution < 1.29 is 0 Å². The van der Waals surface area contributed by atoms with Gasteiger partial charge in [0.2, 0.25) is 5.95 Å². The third-order valence-electron chi connectivity index (χ3n) is 12.2. The van der Waals surface area contributed by atoms with Gasteiger partial charge in [-0.05, 0) is 72.1 Å². The summed E-state index contributed by atoms with van der Waals surface area (Å²) in [4.78, 5) is 10.7. The van der Waals surface area contributed by atoms with Crippen LogP contribution in [0.15, 0.2) is 200 Å². The number of aromatic nitrogens is 5. The van der Waals surface area contributed by atoms with E-state index in [1.807, 2.05) is 6.07 Å². The van der Waals surface area contributed by atoms with Crippen molar-refractivity contribution in [2.24, 2.45) is 0 Å². The molecule has 5 heteroatoms. The van der Waals surface area contributed by atoms with Crippen molar-refractivity contribution in [3.05, 3.63) is 200 Å². The molecule has 0 saturated heterocycles. The smallest absolute Gasteiger partial charge is 0.235 e. The van der Waals surface area contributed by atoms with Gasteiger partial charge in [-0.3, -0.25) is 4.57 Å². The summed E-state index contributed by atoms with van der Waals surface area (Å²) in [6, 6.07) is 71.8. The Morgan fingerprint density at radius 1 is 0.305 bits per heavy atom. The molecule has 0 atom stereocenters. The largest absolute Gasteiger partial charge is 0.309 e. The van der Waals surface area contributed by atoms with Gasteiger partial charge in [0.05, 0.1) is 44.3 Å². The van der Waals surface area contributed by atoms with E-state index in [9.17, 15) is 0 Å². The lowest BCUT2D eigenvalue weighted by atomic mass is 9.98. The third-order valence-corrected chi connectivity index (χ3v) is 12.2. The van der Waals surface area contributed by atoms with E-state index in [-0.39, 0.29) is 0 Å². The fraction of sp³-hybridized carbons (Fsp3) is 0. The number of hydrogen-bond acceptors (Lipinski definition) is 2. The molecule has 0 fully saturated rings. The highest BCUT2D eigenvalue weighted by molar-refractivity contribution is 6.34. The molecule has 9 aromatic carbocycles. The maximum Gasteiger partial charge on any atom is 0.235 e. The van der Waals surface area contributed by atoms with Crippen LogP contribution in [0.3, 0.4) is 0 Å². The SMILES string of the molecule is c1ccc(-c2nc(-n3c4ccccc4c4c5c(ccc6c5c5cc7c8ccccc8n(-c8ccccc8)c7cc5n6-c5ccccc5)ccc43)nc3ccccc23)cc1. The molecule has 0 aliphatic carbocycles. The summed E-state index contributed by atoms with van der Waals surface area (Å²) >= 11 is 0. The van der Waals surface area contributed by atoms with Crippen molar-refractivity contribution in [3.8, 4) is 28.6 Å². The molecule has 13 rings (SSSR count). The van der Waals surface area contributed by atoms with Gasteiger partial charge >= 0.3 is 0 Å². The molecule has 4 heterocycles. The molecule has 0 spiro atoms. The second-order valence-corrected chi connectivity index (χ2v) is 15.4. The average molecular weight is 752 g/mol. The first-order valence-electron chi connectivity index (χ1n) is 20.1. The minimum Gasteiger partial charge on any atom is -0.309 e. The monoisotopic (exact) mass is 751 g/mol. The van der Waals surface area contributed by atoms with Crippen molar-refractivity contribution in [1.29, 1.82) is 0 Å². The molecule has 0 aliphatic rings. The Morgan fingerprint density at radius 2 is 0.831 bits per heavy atom. The summed E-state index contributed by atoms with van der Waals surface area (Å²) in [5.74, 6) is 0.655. The molecular formula is C54H33N5. The lowest BCUT2D eigenvalue weighted by molar-refractivity contribution is 1.01. The van der Waals surface area contributed by atoms with E-state index in [0.29, 0.717) is 5.95 Å². The number of para-hydroxylation sites is 5. The highest BCUT2D eigenvalue weighted by Gasteiger charge is 2.24. The van der Waals surface area contributed by atoms with Crippen molar-refractivity contribution >= 4 is 87.1 Å². The predicted octanol–water partition coefficient (Wildman–Crippen LogP) is 13.7. The summed E-state index contributed by atoms with van der Waals surface area (Å²) in [7, 11) is 0. The van der Waals surface area contributed by atoms with Gasteiger partial charge in [-0.2, -0.15) is 0 Å². The molecule has 0 amide bonds. The molecule has 0 radical (unpaired) electrons. The van der Waals surface area contributed by atoms with Gasteiger partial charge < -0.3 is 9.13 Å². The molecule has 0 N–H and O–H groups in total. The fourth-order valence-electron chi connectivity index (χ4n) is 9.75. The normalized spacial score (nSPS) is 12.1. The average Bonchev–Trinajstić information content (AvgIpc) is 3.94. The van der Waals surface area contributed by atoms with Crippen molar-refractivity contribution in [3.63, 3.8) is 0 Å². The van der Waals surface area contributed by atoms with Gasteiger partial charge in [0, 0.05) is 60.0 Å². The lowest BCUT2D eigenvalue weighted by Gasteiger charge is -2.12. The minimum atomic E-state index is 0.655. The van der Waals surface area contributed by atoms with Crippen LogP contribution < -0.4 is 0 Å². The number of benzene rings is 9. The van der Waals surface area contributed by atoms with Crippen LogP contribution in [0.4, 0.5) is 0 Å². The highest BCUT2D eigenvalue weighted by atomic mass is 15.2. The second-order valence-electron chi connectivity index (χ2n) is 15.4. The Balaban J connectivity index is 1.20. The number of hydrogen-bond donors (Lipinski definition) is 0. The first kappa shape index (κ1) is 32.1. The van der Waals surface area contributed by atoms with Gasteiger partial charge in [-0.25, -0.2) is 9.97 Å². The molecular weight excluding hydrogens is 719 g/mol. The van der Waals surface area contributed by atoms with E-state index in [0.717, 1.165) is 50.1 Å². The Labute approximate surface area is 338 Å². The molecule has 0 unspecified atom stereocenters. The quantitative estimate of drug-likeness (QED) is 0.180. The van der Waals surface area contributed by atoms with E-state index in [2.05, 4.69) is 208 Å². The zero-order valence-electron chi connectivity index (χ0n) is 31.8. The zero-order valence-corrected chi connectivity index (χ0v) is 31.8. The number of fused-ring (bicyclic) bond motifs is 13. The molecule has 13 aromatic rings. The molecule has 274 valence electrons. The Hall–Kier alpha value is -8.02. The lowest BCUT2D eigenvalue weighted by Crippen LogP contribution is -2.03. The summed E-state index contributed by atoms with van der Waals surface area (Å²) in [5.41, 5.74) is 12.0. The van der Waals surface area contributed by atoms with E-state index in [1.165, 1.54) is 59.6 Å². The number of nitrogens with zero attached hydrogens (tertiary/aromatic N) is 5. The Morgan fingerprint density at radius 3 is 1.54 bits per heavy atom. The molecule has 5 nitrogen and oxygen atoms in total. The van der Waals surface area contributed by atoms with E-state index < -0.39 is 0 Å². The molecule has 0 saturated carbocycles. The summed E-state index contributed by atoms with van der Waals surface area (Å²) < 4.78 is 7.13. The maximum atomic E-state index is 5.39. The van der Waals surface area contributed by atoms with E-state index in [4.69, 9.17) is 9.97 Å². The van der Waals surface area contributed by atoms with Crippen LogP contribution in [-0.2, 0) is 0 Å². The predicted molar refractivity (Wildman–Crippen MR) is 245 cm³/mol.